The minimum absolute atomic E-state index is 0.175. The van der Waals surface area contributed by atoms with E-state index in [1.165, 1.54) is 22.4 Å². The molecule has 1 aliphatic carbocycles. The fourth-order valence-corrected chi connectivity index (χ4v) is 4.62. The van der Waals surface area contributed by atoms with E-state index in [0.717, 1.165) is 61.4 Å². The zero-order valence-electron chi connectivity index (χ0n) is 18.4. The summed E-state index contributed by atoms with van der Waals surface area (Å²) in [6.45, 7) is 2.97. The molecule has 0 atom stereocenters. The topological polar surface area (TPSA) is 43.1 Å². The molecular weight excluding hydrogens is 399 g/mol. The van der Waals surface area contributed by atoms with Gasteiger partial charge in [0, 0.05) is 37.7 Å². The van der Waals surface area contributed by atoms with Gasteiger partial charge >= 0.3 is 0 Å². The molecule has 5 heteroatoms. The Labute approximate surface area is 188 Å². The Balaban J connectivity index is 1.39. The third-order valence-corrected chi connectivity index (χ3v) is 6.21. The molecule has 1 aromatic heterocycles. The summed E-state index contributed by atoms with van der Waals surface area (Å²) in [5.74, 6) is 1.79. The molecule has 0 unspecified atom stereocenters. The highest BCUT2D eigenvalue weighted by atomic mass is 19.1. The largest absolute Gasteiger partial charge is 0.314 e. The minimum Gasteiger partial charge on any atom is -0.314 e. The van der Waals surface area contributed by atoms with Gasteiger partial charge in [0.1, 0.15) is 17.5 Å². The molecule has 2 aromatic carbocycles. The van der Waals surface area contributed by atoms with Crippen LogP contribution < -0.4 is 0 Å². The summed E-state index contributed by atoms with van der Waals surface area (Å²) in [4.78, 5) is 4.45. The molecule has 0 radical (unpaired) electrons. The number of aromatic nitrogens is 3. The Morgan fingerprint density at radius 3 is 2.69 bits per heavy atom. The number of rotatable bonds is 8. The van der Waals surface area contributed by atoms with Gasteiger partial charge in [-0.2, -0.15) is 0 Å². The van der Waals surface area contributed by atoms with E-state index in [1.54, 1.807) is 12.1 Å². The fourth-order valence-electron chi connectivity index (χ4n) is 4.62. The first-order valence-corrected chi connectivity index (χ1v) is 11.3. The molecule has 2 heterocycles. The minimum atomic E-state index is -0.175. The summed E-state index contributed by atoms with van der Waals surface area (Å²) in [7, 11) is 0. The lowest BCUT2D eigenvalue weighted by Gasteiger charge is -2.12. The van der Waals surface area contributed by atoms with Gasteiger partial charge in [-0.1, -0.05) is 48.0 Å². The molecule has 0 fully saturated rings. The Morgan fingerprint density at radius 2 is 1.88 bits per heavy atom. The molecule has 0 N–H and O–H groups in total. The second kappa shape index (κ2) is 9.03. The molecular formula is C27H27FN4. The van der Waals surface area contributed by atoms with Crippen LogP contribution >= 0.6 is 0 Å². The smallest absolute Gasteiger partial charge is 0.137 e. The molecule has 0 saturated heterocycles. The van der Waals surface area contributed by atoms with Crippen molar-refractivity contribution in [2.45, 2.75) is 52.0 Å². The van der Waals surface area contributed by atoms with E-state index in [1.807, 2.05) is 12.3 Å². The SMILES string of the molecule is Cc1cccc(Cc2nnc(CC3=CCc4cc(F)ccc43)n2CCCC2=CCC=N2)c1. The van der Waals surface area contributed by atoms with Crippen molar-refractivity contribution in [1.82, 2.24) is 14.8 Å². The Kier molecular flexibility index (Phi) is 5.80. The third-order valence-electron chi connectivity index (χ3n) is 6.21. The Morgan fingerprint density at radius 1 is 1.00 bits per heavy atom. The van der Waals surface area contributed by atoms with E-state index in [9.17, 15) is 4.39 Å². The van der Waals surface area contributed by atoms with Crippen LogP contribution in [0.4, 0.5) is 4.39 Å². The van der Waals surface area contributed by atoms with Gasteiger partial charge in [0.2, 0.25) is 0 Å². The number of hydrogen-bond donors (Lipinski definition) is 0. The first-order chi connectivity index (χ1) is 15.7. The van der Waals surface area contributed by atoms with Crippen LogP contribution in [0.3, 0.4) is 0 Å². The van der Waals surface area contributed by atoms with Gasteiger partial charge < -0.3 is 4.57 Å². The Bertz CT molecular complexity index is 1230. The molecule has 0 bridgehead atoms. The molecule has 3 aromatic rings. The van der Waals surface area contributed by atoms with Crippen molar-refractivity contribution >= 4 is 11.8 Å². The summed E-state index contributed by atoms with van der Waals surface area (Å²) in [5, 5.41) is 9.18. The van der Waals surface area contributed by atoms with Crippen LogP contribution in [-0.4, -0.2) is 21.0 Å². The molecule has 5 rings (SSSR count). The number of aryl methyl sites for hydroxylation is 1. The van der Waals surface area contributed by atoms with E-state index in [-0.39, 0.29) is 5.82 Å². The number of fused-ring (bicyclic) bond motifs is 1. The summed E-state index contributed by atoms with van der Waals surface area (Å²) in [6, 6.07) is 13.6. The van der Waals surface area contributed by atoms with Crippen LogP contribution in [0.2, 0.25) is 0 Å². The maximum atomic E-state index is 13.6. The molecule has 0 saturated carbocycles. The quantitative estimate of drug-likeness (QED) is 0.468. The summed E-state index contributed by atoms with van der Waals surface area (Å²) in [6.07, 6.45) is 11.5. The lowest BCUT2D eigenvalue weighted by atomic mass is 10.0. The number of halogens is 1. The van der Waals surface area contributed by atoms with Gasteiger partial charge in [-0.05, 0) is 60.6 Å². The van der Waals surface area contributed by atoms with Crippen molar-refractivity contribution in [3.8, 4) is 0 Å². The molecule has 0 spiro atoms. The van der Waals surface area contributed by atoms with Crippen molar-refractivity contribution in [3.05, 3.63) is 100 Å². The summed E-state index contributed by atoms with van der Waals surface area (Å²) >= 11 is 0. The monoisotopic (exact) mass is 426 g/mol. The summed E-state index contributed by atoms with van der Waals surface area (Å²) in [5.41, 5.74) is 7.06. The van der Waals surface area contributed by atoms with Crippen molar-refractivity contribution in [3.63, 3.8) is 0 Å². The van der Waals surface area contributed by atoms with Gasteiger partial charge in [-0.3, -0.25) is 4.99 Å². The van der Waals surface area contributed by atoms with Gasteiger partial charge in [0.15, 0.2) is 0 Å². The number of benzene rings is 2. The van der Waals surface area contributed by atoms with Crippen LogP contribution in [0, 0.1) is 12.7 Å². The predicted octanol–water partition coefficient (Wildman–Crippen LogP) is 5.64. The van der Waals surface area contributed by atoms with E-state index in [4.69, 9.17) is 0 Å². The van der Waals surface area contributed by atoms with Crippen LogP contribution in [-0.2, 0) is 25.8 Å². The van der Waals surface area contributed by atoms with Gasteiger partial charge in [0.05, 0.1) is 0 Å². The van der Waals surface area contributed by atoms with Crippen LogP contribution in [0.15, 0.2) is 65.3 Å². The number of allylic oxidation sites excluding steroid dienone is 4. The van der Waals surface area contributed by atoms with Gasteiger partial charge in [0.25, 0.3) is 0 Å². The lowest BCUT2D eigenvalue weighted by Crippen LogP contribution is -2.10. The zero-order chi connectivity index (χ0) is 21.9. The van der Waals surface area contributed by atoms with Crippen molar-refractivity contribution < 1.29 is 4.39 Å². The van der Waals surface area contributed by atoms with E-state index >= 15 is 0 Å². The lowest BCUT2D eigenvalue weighted by molar-refractivity contribution is 0.596. The van der Waals surface area contributed by atoms with E-state index < -0.39 is 0 Å². The summed E-state index contributed by atoms with van der Waals surface area (Å²) < 4.78 is 15.9. The maximum absolute atomic E-state index is 13.6. The average molecular weight is 427 g/mol. The molecule has 0 amide bonds. The standard InChI is InChI=1S/C27H27FN4/c1-19-5-2-6-20(15-19)16-26-30-31-27(32(26)14-4-8-24-7-3-13-29-24)18-22-10-9-21-17-23(28)11-12-25(21)22/h2,5-7,10-13,15,17H,3-4,8-9,14,16,18H2,1H3. The van der Waals surface area contributed by atoms with Crippen LogP contribution in [0.5, 0.6) is 0 Å². The highest BCUT2D eigenvalue weighted by Gasteiger charge is 2.19. The van der Waals surface area contributed by atoms with Crippen LogP contribution in [0.1, 0.15) is 53.2 Å². The van der Waals surface area contributed by atoms with Gasteiger partial charge in [-0.15, -0.1) is 10.2 Å². The first-order valence-electron chi connectivity index (χ1n) is 11.3. The predicted molar refractivity (Wildman–Crippen MR) is 126 cm³/mol. The van der Waals surface area contributed by atoms with Crippen molar-refractivity contribution in [1.29, 1.82) is 0 Å². The van der Waals surface area contributed by atoms with Crippen molar-refractivity contribution in [2.75, 3.05) is 0 Å². The molecule has 1 aliphatic heterocycles. The molecule has 32 heavy (non-hydrogen) atoms. The number of nitrogens with zero attached hydrogens (tertiary/aromatic N) is 4. The second-order valence-electron chi connectivity index (χ2n) is 8.61. The fraction of sp³-hybridized carbons (Fsp3) is 0.296. The van der Waals surface area contributed by atoms with Gasteiger partial charge in [-0.25, -0.2) is 4.39 Å². The maximum Gasteiger partial charge on any atom is 0.137 e. The first kappa shape index (κ1) is 20.6. The van der Waals surface area contributed by atoms with Crippen LogP contribution in [0.25, 0.3) is 5.57 Å². The molecule has 2 aliphatic rings. The molecule has 162 valence electrons. The number of hydrogen-bond acceptors (Lipinski definition) is 3. The number of aliphatic imine (C=N–C) groups is 1. The average Bonchev–Trinajstić information content (AvgIpc) is 3.51. The second-order valence-corrected chi connectivity index (χ2v) is 8.61. The third kappa shape index (κ3) is 4.47. The zero-order valence-corrected chi connectivity index (χ0v) is 18.4. The highest BCUT2D eigenvalue weighted by Crippen LogP contribution is 2.30. The van der Waals surface area contributed by atoms with E-state index in [2.05, 4.69) is 63.1 Å². The Hall–Kier alpha value is -3.34. The van der Waals surface area contributed by atoms with Crippen molar-refractivity contribution in [2.24, 2.45) is 4.99 Å². The highest BCUT2D eigenvalue weighted by molar-refractivity contribution is 5.74. The normalized spacial score (nSPS) is 14.6. The van der Waals surface area contributed by atoms with E-state index in [0.29, 0.717) is 6.42 Å². The molecule has 4 nitrogen and oxygen atoms in total.